The van der Waals surface area contributed by atoms with Crippen molar-refractivity contribution < 1.29 is 18.7 Å². The molecule has 1 atom stereocenters. The SMILES string of the molecule is COC(=O)[C@@H](CCSC)NC(=O)CSc1ccc(F)cc1. The van der Waals surface area contributed by atoms with Crippen LogP contribution in [0.15, 0.2) is 29.2 Å². The minimum atomic E-state index is -0.622. The lowest BCUT2D eigenvalue weighted by atomic mass is 10.2. The zero-order chi connectivity index (χ0) is 15.7. The molecule has 4 nitrogen and oxygen atoms in total. The number of hydrogen-bond donors (Lipinski definition) is 1. The molecule has 1 aromatic rings. The van der Waals surface area contributed by atoms with Crippen LogP contribution in [0.25, 0.3) is 0 Å². The third kappa shape index (κ3) is 6.86. The molecule has 0 saturated carbocycles. The van der Waals surface area contributed by atoms with Gasteiger partial charge in [-0.2, -0.15) is 11.8 Å². The Bertz CT molecular complexity index is 468. The lowest BCUT2D eigenvalue weighted by Crippen LogP contribution is -2.42. The second-order valence-corrected chi connectivity index (χ2v) is 6.20. The van der Waals surface area contributed by atoms with Gasteiger partial charge in [-0.05, 0) is 42.7 Å². The molecule has 116 valence electrons. The van der Waals surface area contributed by atoms with E-state index in [-0.39, 0.29) is 17.5 Å². The van der Waals surface area contributed by atoms with Crippen molar-refractivity contribution in [3.8, 4) is 0 Å². The molecule has 1 amide bonds. The number of nitrogens with one attached hydrogen (secondary N) is 1. The fourth-order valence-electron chi connectivity index (χ4n) is 1.54. The Balaban J connectivity index is 2.45. The molecule has 1 rings (SSSR count). The van der Waals surface area contributed by atoms with E-state index in [0.29, 0.717) is 6.42 Å². The Kier molecular flexibility index (Phi) is 8.22. The fourth-order valence-corrected chi connectivity index (χ4v) is 2.72. The summed E-state index contributed by atoms with van der Waals surface area (Å²) in [6.07, 6.45) is 2.46. The molecule has 0 radical (unpaired) electrons. The van der Waals surface area contributed by atoms with Crippen molar-refractivity contribution in [2.24, 2.45) is 0 Å². The molecule has 0 aromatic heterocycles. The minimum absolute atomic E-state index is 0.165. The van der Waals surface area contributed by atoms with Crippen molar-refractivity contribution in [1.82, 2.24) is 5.32 Å². The maximum absolute atomic E-state index is 12.8. The number of carbonyl (C=O) groups is 2. The first-order chi connectivity index (χ1) is 10.1. The average Bonchev–Trinajstić information content (AvgIpc) is 2.50. The van der Waals surface area contributed by atoms with Gasteiger partial charge >= 0.3 is 5.97 Å². The molecule has 7 heteroatoms. The van der Waals surface area contributed by atoms with Crippen LogP contribution in [0.1, 0.15) is 6.42 Å². The molecule has 0 bridgehead atoms. The molecule has 1 N–H and O–H groups in total. The summed E-state index contributed by atoms with van der Waals surface area (Å²) < 4.78 is 17.4. The molecule has 0 aliphatic heterocycles. The van der Waals surface area contributed by atoms with Crippen LogP contribution in [-0.4, -0.2) is 42.8 Å². The number of methoxy groups -OCH3 is 1. The van der Waals surface area contributed by atoms with E-state index in [1.165, 1.54) is 31.0 Å². The van der Waals surface area contributed by atoms with Crippen LogP contribution in [0.5, 0.6) is 0 Å². The molecule has 1 aromatic carbocycles. The standard InChI is InChI=1S/C14H18FNO3S2/c1-19-14(18)12(7-8-20-2)16-13(17)9-21-11-5-3-10(15)4-6-11/h3-6,12H,7-9H2,1-2H3,(H,16,17)/t12-/m1/s1. The van der Waals surface area contributed by atoms with Gasteiger partial charge in [0, 0.05) is 4.90 Å². The topological polar surface area (TPSA) is 55.4 Å². The van der Waals surface area contributed by atoms with Gasteiger partial charge in [0.05, 0.1) is 12.9 Å². The molecular weight excluding hydrogens is 313 g/mol. The summed E-state index contributed by atoms with van der Waals surface area (Å²) in [4.78, 5) is 24.2. The van der Waals surface area contributed by atoms with Gasteiger partial charge in [0.25, 0.3) is 0 Å². The summed E-state index contributed by atoms with van der Waals surface area (Å²) in [7, 11) is 1.30. The number of esters is 1. The minimum Gasteiger partial charge on any atom is -0.467 e. The van der Waals surface area contributed by atoms with E-state index in [2.05, 4.69) is 10.1 Å². The van der Waals surface area contributed by atoms with Gasteiger partial charge in [-0.25, -0.2) is 9.18 Å². The van der Waals surface area contributed by atoms with Gasteiger partial charge in [-0.3, -0.25) is 4.79 Å². The molecule has 0 heterocycles. The van der Waals surface area contributed by atoms with Crippen LogP contribution >= 0.6 is 23.5 Å². The Morgan fingerprint density at radius 1 is 1.33 bits per heavy atom. The number of benzene rings is 1. The van der Waals surface area contributed by atoms with Crippen LogP contribution in [0.3, 0.4) is 0 Å². The van der Waals surface area contributed by atoms with E-state index in [0.717, 1.165) is 10.6 Å². The number of hydrogen-bond acceptors (Lipinski definition) is 5. The van der Waals surface area contributed by atoms with Crippen LogP contribution in [0, 0.1) is 5.82 Å². The molecule has 0 saturated heterocycles. The van der Waals surface area contributed by atoms with Crippen molar-refractivity contribution in [2.75, 3.05) is 24.9 Å². The number of ether oxygens (including phenoxy) is 1. The Morgan fingerprint density at radius 3 is 2.57 bits per heavy atom. The van der Waals surface area contributed by atoms with Gasteiger partial charge < -0.3 is 10.1 Å². The first-order valence-electron chi connectivity index (χ1n) is 6.31. The van der Waals surface area contributed by atoms with Gasteiger partial charge in [0.2, 0.25) is 5.91 Å². The largest absolute Gasteiger partial charge is 0.467 e. The van der Waals surface area contributed by atoms with Crippen LogP contribution in [0.2, 0.25) is 0 Å². The lowest BCUT2D eigenvalue weighted by molar-refractivity contribution is -0.144. The highest BCUT2D eigenvalue weighted by Crippen LogP contribution is 2.17. The van der Waals surface area contributed by atoms with Crippen molar-refractivity contribution in [3.05, 3.63) is 30.1 Å². The van der Waals surface area contributed by atoms with Crippen LogP contribution in [-0.2, 0) is 14.3 Å². The highest BCUT2D eigenvalue weighted by molar-refractivity contribution is 8.00. The fraction of sp³-hybridized carbons (Fsp3) is 0.429. The maximum Gasteiger partial charge on any atom is 0.328 e. The summed E-state index contributed by atoms with van der Waals surface area (Å²) in [6.45, 7) is 0. The third-order valence-electron chi connectivity index (χ3n) is 2.62. The maximum atomic E-state index is 12.8. The van der Waals surface area contributed by atoms with E-state index >= 15 is 0 Å². The van der Waals surface area contributed by atoms with E-state index in [1.807, 2.05) is 6.26 Å². The first kappa shape index (κ1) is 17.8. The van der Waals surface area contributed by atoms with Gasteiger partial charge in [0.15, 0.2) is 0 Å². The van der Waals surface area contributed by atoms with Gasteiger partial charge in [-0.15, -0.1) is 11.8 Å². The number of halogens is 1. The highest BCUT2D eigenvalue weighted by atomic mass is 32.2. The zero-order valence-corrected chi connectivity index (χ0v) is 13.6. The van der Waals surface area contributed by atoms with Crippen LogP contribution < -0.4 is 5.32 Å². The van der Waals surface area contributed by atoms with Crippen molar-refractivity contribution in [1.29, 1.82) is 0 Å². The van der Waals surface area contributed by atoms with E-state index in [9.17, 15) is 14.0 Å². The van der Waals surface area contributed by atoms with Crippen molar-refractivity contribution >= 4 is 35.4 Å². The Morgan fingerprint density at radius 2 is 2.00 bits per heavy atom. The Labute approximate surface area is 132 Å². The van der Waals surface area contributed by atoms with Gasteiger partial charge in [-0.1, -0.05) is 0 Å². The summed E-state index contributed by atoms with van der Waals surface area (Å²) >= 11 is 2.88. The van der Waals surface area contributed by atoms with Crippen LogP contribution in [0.4, 0.5) is 4.39 Å². The lowest BCUT2D eigenvalue weighted by Gasteiger charge is -2.15. The van der Waals surface area contributed by atoms with E-state index in [1.54, 1.807) is 23.9 Å². The van der Waals surface area contributed by atoms with Crippen molar-refractivity contribution in [2.45, 2.75) is 17.4 Å². The average molecular weight is 331 g/mol. The summed E-state index contributed by atoms with van der Waals surface area (Å²) in [5.74, 6) is -0.0829. The summed E-state index contributed by atoms with van der Waals surface area (Å²) in [5, 5.41) is 2.66. The molecule has 0 spiro atoms. The number of thioether (sulfide) groups is 2. The predicted molar refractivity (Wildman–Crippen MR) is 84.1 cm³/mol. The predicted octanol–water partition coefficient (Wildman–Crippen LogP) is 2.33. The summed E-state index contributed by atoms with van der Waals surface area (Å²) in [6, 6.07) is 5.28. The highest BCUT2D eigenvalue weighted by Gasteiger charge is 2.20. The second kappa shape index (κ2) is 9.68. The van der Waals surface area contributed by atoms with Gasteiger partial charge in [0.1, 0.15) is 11.9 Å². The molecule has 0 fully saturated rings. The Hall–Kier alpha value is -1.21. The monoisotopic (exact) mass is 331 g/mol. The van der Waals surface area contributed by atoms with E-state index in [4.69, 9.17) is 0 Å². The molecule has 0 unspecified atom stereocenters. The number of rotatable bonds is 8. The zero-order valence-electron chi connectivity index (χ0n) is 11.9. The van der Waals surface area contributed by atoms with E-state index < -0.39 is 12.0 Å². The normalized spacial score (nSPS) is 11.8. The molecular formula is C14H18FNO3S2. The summed E-state index contributed by atoms with van der Waals surface area (Å²) in [5.41, 5.74) is 0. The third-order valence-corrected chi connectivity index (χ3v) is 4.27. The second-order valence-electron chi connectivity index (χ2n) is 4.17. The quantitative estimate of drug-likeness (QED) is 0.585. The smallest absolute Gasteiger partial charge is 0.328 e. The molecule has 0 aliphatic rings. The number of carbonyl (C=O) groups excluding carboxylic acids is 2. The molecule has 0 aliphatic carbocycles. The van der Waals surface area contributed by atoms with Crippen molar-refractivity contribution in [3.63, 3.8) is 0 Å². The molecule has 21 heavy (non-hydrogen) atoms. The first-order valence-corrected chi connectivity index (χ1v) is 8.69. The number of amides is 1.